The van der Waals surface area contributed by atoms with E-state index in [0.717, 1.165) is 48.3 Å². The Morgan fingerprint density at radius 3 is 2.50 bits per heavy atom. The van der Waals surface area contributed by atoms with E-state index in [2.05, 4.69) is 59.8 Å². The maximum Gasteiger partial charge on any atom is 0.0577 e. The van der Waals surface area contributed by atoms with Crippen molar-refractivity contribution in [1.29, 1.82) is 0 Å². The Labute approximate surface area is 186 Å². The van der Waals surface area contributed by atoms with E-state index in [0.29, 0.717) is 16.7 Å². The Hall–Kier alpha value is -0.560. The second-order valence-electron chi connectivity index (χ2n) is 12.4. The van der Waals surface area contributed by atoms with Crippen molar-refractivity contribution in [2.75, 3.05) is 0 Å². The molecule has 0 aromatic carbocycles. The van der Waals surface area contributed by atoms with Gasteiger partial charge in [0.1, 0.15) is 0 Å². The molecule has 0 saturated heterocycles. The SMILES string of the molecule is CCC(/C=C\C(C)C1CCC2C3CC=C4CC(O)CCC4(C)C3CCC12C)C(C)C. The third-order valence-electron chi connectivity index (χ3n) is 10.8. The normalized spacial score (nSPS) is 45.6. The number of hydrogen-bond acceptors (Lipinski definition) is 1. The number of aliphatic hydroxyl groups is 1. The molecule has 1 nitrogen and oxygen atoms in total. The van der Waals surface area contributed by atoms with Crippen LogP contribution in [0.25, 0.3) is 0 Å². The van der Waals surface area contributed by atoms with Crippen LogP contribution in [-0.2, 0) is 0 Å². The van der Waals surface area contributed by atoms with Gasteiger partial charge in [0.25, 0.3) is 0 Å². The van der Waals surface area contributed by atoms with Crippen LogP contribution in [0, 0.1) is 52.3 Å². The molecule has 0 spiro atoms. The molecular formula is C29H48O. The molecule has 1 heteroatoms. The van der Waals surface area contributed by atoms with Crippen molar-refractivity contribution in [2.24, 2.45) is 52.3 Å². The molecule has 1 N–H and O–H groups in total. The Balaban J connectivity index is 1.52. The molecule has 0 aromatic heterocycles. The minimum Gasteiger partial charge on any atom is -0.393 e. The minimum atomic E-state index is -0.0870. The lowest BCUT2D eigenvalue weighted by atomic mass is 9.47. The van der Waals surface area contributed by atoms with E-state index in [-0.39, 0.29) is 6.10 Å². The first-order chi connectivity index (χ1) is 14.2. The average molecular weight is 413 g/mol. The van der Waals surface area contributed by atoms with Crippen molar-refractivity contribution in [3.05, 3.63) is 23.8 Å². The number of hydrogen-bond donors (Lipinski definition) is 1. The molecule has 30 heavy (non-hydrogen) atoms. The first-order valence-electron chi connectivity index (χ1n) is 13.3. The van der Waals surface area contributed by atoms with Gasteiger partial charge in [-0.3, -0.25) is 0 Å². The Morgan fingerprint density at radius 2 is 1.80 bits per heavy atom. The van der Waals surface area contributed by atoms with Crippen molar-refractivity contribution in [3.63, 3.8) is 0 Å². The molecule has 4 aliphatic rings. The lowest BCUT2D eigenvalue weighted by Gasteiger charge is -2.58. The maximum absolute atomic E-state index is 10.2. The third-order valence-corrected chi connectivity index (χ3v) is 10.8. The maximum atomic E-state index is 10.2. The Morgan fingerprint density at radius 1 is 1.03 bits per heavy atom. The molecule has 0 bridgehead atoms. The van der Waals surface area contributed by atoms with Crippen molar-refractivity contribution in [2.45, 2.75) is 105 Å². The Bertz CT molecular complexity index is 674. The standard InChI is InChI=1S/C29H48O/c1-7-21(19(2)3)9-8-20(4)25-12-13-26-24-11-10-22-18-23(30)14-16-28(22,5)27(24)15-17-29(25,26)6/h8-10,19-21,23-27,30H,7,11-18H2,1-6H3/b9-8-. The summed E-state index contributed by atoms with van der Waals surface area (Å²) >= 11 is 0. The first-order valence-corrected chi connectivity index (χ1v) is 13.3. The predicted octanol–water partition coefficient (Wildman–Crippen LogP) is 7.80. The fourth-order valence-corrected chi connectivity index (χ4v) is 8.83. The van der Waals surface area contributed by atoms with Crippen LogP contribution in [-0.4, -0.2) is 11.2 Å². The summed E-state index contributed by atoms with van der Waals surface area (Å²) in [5, 5.41) is 10.2. The summed E-state index contributed by atoms with van der Waals surface area (Å²) in [6, 6.07) is 0. The van der Waals surface area contributed by atoms with Crippen LogP contribution in [0.15, 0.2) is 23.8 Å². The molecule has 170 valence electrons. The molecule has 0 radical (unpaired) electrons. The summed E-state index contributed by atoms with van der Waals surface area (Å²) in [6.07, 6.45) is 19.1. The van der Waals surface area contributed by atoms with Crippen LogP contribution >= 0.6 is 0 Å². The monoisotopic (exact) mass is 412 g/mol. The summed E-state index contributed by atoms with van der Waals surface area (Å²) in [4.78, 5) is 0. The zero-order valence-electron chi connectivity index (χ0n) is 20.7. The van der Waals surface area contributed by atoms with Crippen molar-refractivity contribution < 1.29 is 5.11 Å². The summed E-state index contributed by atoms with van der Waals surface area (Å²) in [7, 11) is 0. The molecule has 4 rings (SSSR count). The van der Waals surface area contributed by atoms with Crippen LogP contribution in [0.3, 0.4) is 0 Å². The van der Waals surface area contributed by atoms with E-state index < -0.39 is 0 Å². The van der Waals surface area contributed by atoms with E-state index in [1.54, 1.807) is 5.57 Å². The number of allylic oxidation sites excluding steroid dienone is 3. The summed E-state index contributed by atoms with van der Waals surface area (Å²) in [6.45, 7) is 14.8. The number of fused-ring (bicyclic) bond motifs is 5. The van der Waals surface area contributed by atoms with Gasteiger partial charge >= 0.3 is 0 Å². The fraction of sp³-hybridized carbons (Fsp3) is 0.862. The molecule has 0 heterocycles. The molecule has 0 amide bonds. The summed E-state index contributed by atoms with van der Waals surface area (Å²) in [5.41, 5.74) is 2.51. The zero-order valence-corrected chi connectivity index (χ0v) is 20.7. The van der Waals surface area contributed by atoms with Crippen molar-refractivity contribution in [3.8, 4) is 0 Å². The minimum absolute atomic E-state index is 0.0870. The first kappa shape index (κ1) is 22.6. The number of aliphatic hydroxyl groups excluding tert-OH is 1. The molecule has 4 aliphatic carbocycles. The van der Waals surface area contributed by atoms with E-state index in [9.17, 15) is 5.11 Å². The van der Waals surface area contributed by atoms with Gasteiger partial charge in [-0.25, -0.2) is 0 Å². The van der Waals surface area contributed by atoms with Gasteiger partial charge in [0.05, 0.1) is 6.10 Å². The second kappa shape index (κ2) is 8.42. The van der Waals surface area contributed by atoms with Crippen LogP contribution in [0.5, 0.6) is 0 Å². The highest BCUT2D eigenvalue weighted by Gasteiger charge is 2.58. The Kier molecular flexibility index (Phi) is 6.35. The zero-order chi connectivity index (χ0) is 21.7. The lowest BCUT2D eigenvalue weighted by Crippen LogP contribution is -2.50. The largest absolute Gasteiger partial charge is 0.393 e. The number of rotatable bonds is 5. The second-order valence-corrected chi connectivity index (χ2v) is 12.4. The van der Waals surface area contributed by atoms with Crippen LogP contribution in [0.2, 0.25) is 0 Å². The fourth-order valence-electron chi connectivity index (χ4n) is 8.83. The van der Waals surface area contributed by atoms with E-state index in [1.165, 1.54) is 44.9 Å². The molecule has 9 atom stereocenters. The van der Waals surface area contributed by atoms with Gasteiger partial charge in [-0.15, -0.1) is 0 Å². The van der Waals surface area contributed by atoms with E-state index >= 15 is 0 Å². The predicted molar refractivity (Wildman–Crippen MR) is 128 cm³/mol. The molecule has 3 fully saturated rings. The highest BCUT2D eigenvalue weighted by atomic mass is 16.3. The van der Waals surface area contributed by atoms with E-state index in [1.807, 2.05) is 0 Å². The topological polar surface area (TPSA) is 20.2 Å². The highest BCUT2D eigenvalue weighted by Crippen LogP contribution is 2.67. The van der Waals surface area contributed by atoms with Gasteiger partial charge in [-0.2, -0.15) is 0 Å². The molecule has 0 aliphatic heterocycles. The summed E-state index contributed by atoms with van der Waals surface area (Å²) in [5.74, 6) is 5.70. The van der Waals surface area contributed by atoms with Gasteiger partial charge in [-0.1, -0.05) is 65.3 Å². The van der Waals surface area contributed by atoms with Gasteiger partial charge in [0, 0.05) is 0 Å². The highest BCUT2D eigenvalue weighted by molar-refractivity contribution is 5.25. The van der Waals surface area contributed by atoms with Gasteiger partial charge < -0.3 is 5.11 Å². The molecule has 3 saturated carbocycles. The molecule has 9 unspecified atom stereocenters. The van der Waals surface area contributed by atoms with Crippen LogP contribution in [0.4, 0.5) is 0 Å². The van der Waals surface area contributed by atoms with Crippen molar-refractivity contribution >= 4 is 0 Å². The smallest absolute Gasteiger partial charge is 0.0577 e. The van der Waals surface area contributed by atoms with Gasteiger partial charge in [0.2, 0.25) is 0 Å². The van der Waals surface area contributed by atoms with Gasteiger partial charge in [-0.05, 0) is 110 Å². The van der Waals surface area contributed by atoms with Crippen LogP contribution < -0.4 is 0 Å². The van der Waals surface area contributed by atoms with Crippen molar-refractivity contribution in [1.82, 2.24) is 0 Å². The molecular weight excluding hydrogens is 364 g/mol. The average Bonchev–Trinajstić information content (AvgIpc) is 3.06. The third kappa shape index (κ3) is 3.66. The lowest BCUT2D eigenvalue weighted by molar-refractivity contribution is -0.0540. The van der Waals surface area contributed by atoms with Crippen LogP contribution in [0.1, 0.15) is 99.3 Å². The van der Waals surface area contributed by atoms with E-state index in [4.69, 9.17) is 0 Å². The molecule has 0 aromatic rings. The summed E-state index contributed by atoms with van der Waals surface area (Å²) < 4.78 is 0. The van der Waals surface area contributed by atoms with Gasteiger partial charge in [0.15, 0.2) is 0 Å². The quantitative estimate of drug-likeness (QED) is 0.457.